The van der Waals surface area contributed by atoms with Crippen molar-refractivity contribution in [1.29, 1.82) is 0 Å². The van der Waals surface area contributed by atoms with Crippen LogP contribution in [0.4, 0.5) is 5.69 Å². The van der Waals surface area contributed by atoms with E-state index in [2.05, 4.69) is 17.3 Å². The van der Waals surface area contributed by atoms with Crippen molar-refractivity contribution in [1.82, 2.24) is 9.78 Å². The van der Waals surface area contributed by atoms with Crippen LogP contribution in [0.15, 0.2) is 42.7 Å². The Kier molecular flexibility index (Phi) is 4.84. The molecule has 0 fully saturated rings. The van der Waals surface area contributed by atoms with Gasteiger partial charge in [-0.2, -0.15) is 5.10 Å². The predicted molar refractivity (Wildman–Crippen MR) is 77.5 cm³/mol. The lowest BCUT2D eigenvalue weighted by atomic mass is 10.3. The summed E-state index contributed by atoms with van der Waals surface area (Å²) in [6.07, 6.45) is 4.89. The number of rotatable bonds is 7. The molecule has 2 rings (SSSR count). The molecule has 102 valence electrons. The molecule has 1 unspecified atom stereocenters. The smallest absolute Gasteiger partial charge is 0.157 e. The van der Waals surface area contributed by atoms with Crippen molar-refractivity contribution in [2.24, 2.45) is 0 Å². The summed E-state index contributed by atoms with van der Waals surface area (Å²) in [6, 6.07) is 10.1. The molecule has 1 heterocycles. The van der Waals surface area contributed by atoms with Gasteiger partial charge in [0.05, 0.1) is 18.9 Å². The number of para-hydroxylation sites is 1. The highest BCUT2D eigenvalue weighted by molar-refractivity contribution is 5.42. The summed E-state index contributed by atoms with van der Waals surface area (Å²) in [7, 11) is 0. The Labute approximate surface area is 114 Å². The van der Waals surface area contributed by atoms with E-state index < -0.39 is 0 Å². The highest BCUT2D eigenvalue weighted by atomic mass is 16.5. The minimum atomic E-state index is 0.0967. The van der Waals surface area contributed by atoms with E-state index in [1.807, 2.05) is 48.1 Å². The summed E-state index contributed by atoms with van der Waals surface area (Å²) in [5.41, 5.74) is 1.11. The van der Waals surface area contributed by atoms with Gasteiger partial charge in [0.2, 0.25) is 0 Å². The summed E-state index contributed by atoms with van der Waals surface area (Å²) < 4.78 is 7.73. The predicted octanol–water partition coefficient (Wildman–Crippen LogP) is 3.17. The van der Waals surface area contributed by atoms with E-state index >= 15 is 0 Å². The van der Waals surface area contributed by atoms with E-state index in [1.165, 1.54) is 0 Å². The average Bonchev–Trinajstić information content (AvgIpc) is 2.85. The van der Waals surface area contributed by atoms with Gasteiger partial charge in [0.1, 0.15) is 6.10 Å². The summed E-state index contributed by atoms with van der Waals surface area (Å²) in [4.78, 5) is 0. The van der Waals surface area contributed by atoms with Gasteiger partial charge in [-0.3, -0.25) is 4.68 Å². The number of benzene rings is 1. The molecule has 4 nitrogen and oxygen atoms in total. The Morgan fingerprint density at radius 1 is 1.32 bits per heavy atom. The molecular formula is C15H21N3O. The molecule has 1 N–H and O–H groups in total. The molecule has 0 aliphatic rings. The maximum absolute atomic E-state index is 5.82. The van der Waals surface area contributed by atoms with Gasteiger partial charge in [-0.25, -0.2) is 0 Å². The maximum Gasteiger partial charge on any atom is 0.157 e. The van der Waals surface area contributed by atoms with Gasteiger partial charge >= 0.3 is 0 Å². The molecule has 0 bridgehead atoms. The molecule has 1 atom stereocenters. The fourth-order valence-electron chi connectivity index (χ4n) is 1.85. The van der Waals surface area contributed by atoms with Crippen LogP contribution in [-0.2, 0) is 6.54 Å². The van der Waals surface area contributed by atoms with Crippen LogP contribution in [-0.4, -0.2) is 22.4 Å². The molecular weight excluding hydrogens is 238 g/mol. The van der Waals surface area contributed by atoms with E-state index in [0.717, 1.165) is 30.9 Å². The second kappa shape index (κ2) is 6.83. The normalized spacial score (nSPS) is 12.1. The van der Waals surface area contributed by atoms with Crippen molar-refractivity contribution < 1.29 is 4.74 Å². The van der Waals surface area contributed by atoms with Crippen molar-refractivity contribution in [3.8, 4) is 5.75 Å². The van der Waals surface area contributed by atoms with Crippen LogP contribution in [0.5, 0.6) is 5.75 Å². The van der Waals surface area contributed by atoms with Crippen molar-refractivity contribution in [2.45, 2.75) is 32.9 Å². The van der Waals surface area contributed by atoms with Gasteiger partial charge in [-0.05, 0) is 25.5 Å². The Morgan fingerprint density at radius 3 is 2.84 bits per heavy atom. The third-order valence-corrected chi connectivity index (χ3v) is 2.77. The van der Waals surface area contributed by atoms with Crippen LogP contribution in [0, 0.1) is 0 Å². The highest BCUT2D eigenvalue weighted by Crippen LogP contribution is 2.12. The summed E-state index contributed by atoms with van der Waals surface area (Å²) in [5, 5.41) is 7.59. The van der Waals surface area contributed by atoms with E-state index in [1.54, 1.807) is 6.20 Å². The zero-order chi connectivity index (χ0) is 13.5. The number of nitrogens with zero attached hydrogens (tertiary/aromatic N) is 2. The SMILES string of the molecule is CCCn1cc(OC(C)CNc2ccccc2)cn1. The number of ether oxygens (including phenoxy) is 1. The molecule has 1 aromatic heterocycles. The van der Waals surface area contributed by atoms with Gasteiger partial charge < -0.3 is 10.1 Å². The van der Waals surface area contributed by atoms with Crippen molar-refractivity contribution in [3.05, 3.63) is 42.7 Å². The van der Waals surface area contributed by atoms with Gasteiger partial charge in [-0.1, -0.05) is 25.1 Å². The van der Waals surface area contributed by atoms with Crippen LogP contribution < -0.4 is 10.1 Å². The maximum atomic E-state index is 5.82. The third kappa shape index (κ3) is 4.32. The minimum absolute atomic E-state index is 0.0967. The second-order valence-electron chi connectivity index (χ2n) is 4.61. The lowest BCUT2D eigenvalue weighted by molar-refractivity contribution is 0.234. The number of aryl methyl sites for hydroxylation is 1. The number of anilines is 1. The largest absolute Gasteiger partial charge is 0.486 e. The molecule has 19 heavy (non-hydrogen) atoms. The lowest BCUT2D eigenvalue weighted by Gasteiger charge is -2.14. The lowest BCUT2D eigenvalue weighted by Crippen LogP contribution is -2.22. The Hall–Kier alpha value is -1.97. The molecule has 4 heteroatoms. The highest BCUT2D eigenvalue weighted by Gasteiger charge is 2.05. The van der Waals surface area contributed by atoms with E-state index in [9.17, 15) is 0 Å². The monoisotopic (exact) mass is 259 g/mol. The van der Waals surface area contributed by atoms with E-state index in [0.29, 0.717) is 0 Å². The number of hydrogen-bond acceptors (Lipinski definition) is 3. The van der Waals surface area contributed by atoms with Crippen molar-refractivity contribution >= 4 is 5.69 Å². The summed E-state index contributed by atoms with van der Waals surface area (Å²) >= 11 is 0. The number of hydrogen-bond donors (Lipinski definition) is 1. The van der Waals surface area contributed by atoms with Crippen molar-refractivity contribution in [3.63, 3.8) is 0 Å². The van der Waals surface area contributed by atoms with E-state index in [-0.39, 0.29) is 6.10 Å². The summed E-state index contributed by atoms with van der Waals surface area (Å²) in [6.45, 7) is 5.88. The molecule has 0 aliphatic heterocycles. The fraction of sp³-hybridized carbons (Fsp3) is 0.400. The van der Waals surface area contributed by atoms with Crippen LogP contribution in [0.2, 0.25) is 0 Å². The topological polar surface area (TPSA) is 39.1 Å². The van der Waals surface area contributed by atoms with Crippen LogP contribution in [0.25, 0.3) is 0 Å². The Morgan fingerprint density at radius 2 is 2.11 bits per heavy atom. The number of aromatic nitrogens is 2. The van der Waals surface area contributed by atoms with Crippen LogP contribution >= 0.6 is 0 Å². The van der Waals surface area contributed by atoms with E-state index in [4.69, 9.17) is 4.74 Å². The molecule has 0 saturated carbocycles. The Balaban J connectivity index is 1.78. The molecule has 0 saturated heterocycles. The van der Waals surface area contributed by atoms with Crippen LogP contribution in [0.1, 0.15) is 20.3 Å². The van der Waals surface area contributed by atoms with Crippen LogP contribution in [0.3, 0.4) is 0 Å². The van der Waals surface area contributed by atoms with Gasteiger partial charge in [0, 0.05) is 12.2 Å². The first-order valence-corrected chi connectivity index (χ1v) is 6.76. The zero-order valence-corrected chi connectivity index (χ0v) is 11.5. The quantitative estimate of drug-likeness (QED) is 0.830. The van der Waals surface area contributed by atoms with Gasteiger partial charge in [0.15, 0.2) is 5.75 Å². The molecule has 1 aromatic carbocycles. The first kappa shape index (κ1) is 13.5. The number of nitrogens with one attached hydrogen (secondary N) is 1. The van der Waals surface area contributed by atoms with Crippen molar-refractivity contribution in [2.75, 3.05) is 11.9 Å². The van der Waals surface area contributed by atoms with Gasteiger partial charge in [0.25, 0.3) is 0 Å². The van der Waals surface area contributed by atoms with Gasteiger partial charge in [-0.15, -0.1) is 0 Å². The first-order valence-electron chi connectivity index (χ1n) is 6.76. The molecule has 0 radical (unpaired) electrons. The minimum Gasteiger partial charge on any atom is -0.486 e. The molecule has 0 amide bonds. The molecule has 0 aliphatic carbocycles. The average molecular weight is 259 g/mol. The fourth-order valence-corrected chi connectivity index (χ4v) is 1.85. The first-order chi connectivity index (χ1) is 9.28. The third-order valence-electron chi connectivity index (χ3n) is 2.77. The summed E-state index contributed by atoms with van der Waals surface area (Å²) in [5.74, 6) is 0.829. The second-order valence-corrected chi connectivity index (χ2v) is 4.61. The standard InChI is InChI=1S/C15H21N3O/c1-3-9-18-12-15(11-17-18)19-13(2)10-16-14-7-5-4-6-8-14/h4-8,11-13,16H,3,9-10H2,1-2H3. The Bertz CT molecular complexity index is 481. The zero-order valence-electron chi connectivity index (χ0n) is 11.5. The molecule has 2 aromatic rings. The molecule has 0 spiro atoms.